The number of aromatic nitrogens is 1. The van der Waals surface area contributed by atoms with Gasteiger partial charge in [0.15, 0.2) is 0 Å². The summed E-state index contributed by atoms with van der Waals surface area (Å²) in [6.45, 7) is 2.11. The monoisotopic (exact) mass is 266 g/mol. The normalized spacial score (nSPS) is 10.4. The van der Waals surface area contributed by atoms with Crippen LogP contribution in [0.25, 0.3) is 0 Å². The number of pyridine rings is 1. The fraction of sp³-hybridized carbons (Fsp3) is 0.154. The van der Waals surface area contributed by atoms with Crippen molar-refractivity contribution in [1.82, 2.24) is 4.98 Å². The van der Waals surface area contributed by atoms with Crippen LogP contribution in [0.15, 0.2) is 30.5 Å². The molecule has 94 valence electrons. The van der Waals surface area contributed by atoms with Crippen LogP contribution in [0.1, 0.15) is 11.1 Å². The molecule has 5 heteroatoms. The number of ether oxygens (including phenoxy) is 1. The average Bonchev–Trinajstić information content (AvgIpc) is 2.36. The first-order chi connectivity index (χ1) is 8.61. The van der Waals surface area contributed by atoms with Gasteiger partial charge in [0.25, 0.3) is 0 Å². The molecule has 1 aromatic heterocycles. The highest BCUT2D eigenvalue weighted by Crippen LogP contribution is 2.31. The van der Waals surface area contributed by atoms with Crippen molar-refractivity contribution in [1.29, 1.82) is 0 Å². The molecular weight excluding hydrogens is 255 g/mol. The van der Waals surface area contributed by atoms with Crippen LogP contribution in [-0.4, -0.2) is 4.98 Å². The van der Waals surface area contributed by atoms with E-state index in [9.17, 15) is 4.39 Å². The highest BCUT2D eigenvalue weighted by Gasteiger charge is 2.10. The zero-order valence-electron chi connectivity index (χ0n) is 9.78. The van der Waals surface area contributed by atoms with Gasteiger partial charge in [-0.25, -0.2) is 9.37 Å². The summed E-state index contributed by atoms with van der Waals surface area (Å²) in [5.74, 6) is 0.244. The SMILES string of the molecule is Cc1ccc(F)cc1Oc1nccc(CN)c1Cl. The van der Waals surface area contributed by atoms with Crippen molar-refractivity contribution in [2.75, 3.05) is 0 Å². The Balaban J connectivity index is 2.37. The second-order valence-corrected chi connectivity index (χ2v) is 4.18. The summed E-state index contributed by atoms with van der Waals surface area (Å²) < 4.78 is 18.7. The predicted molar refractivity (Wildman–Crippen MR) is 68.3 cm³/mol. The maximum atomic E-state index is 13.1. The molecule has 2 aromatic rings. The van der Waals surface area contributed by atoms with Crippen molar-refractivity contribution in [3.63, 3.8) is 0 Å². The number of nitrogens with two attached hydrogens (primary N) is 1. The summed E-state index contributed by atoms with van der Waals surface area (Å²) in [5, 5.41) is 0.351. The molecule has 3 nitrogen and oxygen atoms in total. The van der Waals surface area contributed by atoms with Gasteiger partial charge in [0, 0.05) is 18.8 Å². The van der Waals surface area contributed by atoms with E-state index in [4.69, 9.17) is 22.1 Å². The molecule has 0 saturated heterocycles. The number of nitrogens with zero attached hydrogens (tertiary/aromatic N) is 1. The number of benzene rings is 1. The molecule has 1 aromatic carbocycles. The summed E-state index contributed by atoms with van der Waals surface area (Å²) >= 11 is 6.09. The largest absolute Gasteiger partial charge is 0.437 e. The van der Waals surface area contributed by atoms with Crippen molar-refractivity contribution in [3.8, 4) is 11.6 Å². The second-order valence-electron chi connectivity index (χ2n) is 3.81. The van der Waals surface area contributed by atoms with E-state index in [0.29, 0.717) is 17.3 Å². The van der Waals surface area contributed by atoms with Crippen LogP contribution in [0, 0.1) is 12.7 Å². The van der Waals surface area contributed by atoms with Crippen LogP contribution in [-0.2, 0) is 6.54 Å². The molecule has 0 bridgehead atoms. The van der Waals surface area contributed by atoms with Crippen LogP contribution < -0.4 is 10.5 Å². The quantitative estimate of drug-likeness (QED) is 0.926. The Morgan fingerprint density at radius 2 is 2.17 bits per heavy atom. The van der Waals surface area contributed by atoms with Crippen molar-refractivity contribution in [2.45, 2.75) is 13.5 Å². The highest BCUT2D eigenvalue weighted by molar-refractivity contribution is 6.32. The molecule has 0 unspecified atom stereocenters. The summed E-state index contributed by atoms with van der Waals surface area (Å²) in [4.78, 5) is 4.02. The van der Waals surface area contributed by atoms with Gasteiger partial charge >= 0.3 is 0 Å². The van der Waals surface area contributed by atoms with E-state index in [0.717, 1.165) is 11.1 Å². The Labute approximate surface area is 109 Å². The van der Waals surface area contributed by atoms with Gasteiger partial charge in [-0.1, -0.05) is 17.7 Å². The van der Waals surface area contributed by atoms with E-state index in [1.165, 1.54) is 12.1 Å². The average molecular weight is 267 g/mol. The van der Waals surface area contributed by atoms with Gasteiger partial charge in [-0.2, -0.15) is 0 Å². The van der Waals surface area contributed by atoms with Gasteiger partial charge < -0.3 is 10.5 Å². The smallest absolute Gasteiger partial charge is 0.238 e. The van der Waals surface area contributed by atoms with E-state index < -0.39 is 0 Å². The first-order valence-corrected chi connectivity index (χ1v) is 5.77. The van der Waals surface area contributed by atoms with Crippen molar-refractivity contribution < 1.29 is 9.13 Å². The molecule has 0 aliphatic rings. The molecule has 2 rings (SSSR count). The molecule has 0 atom stereocenters. The van der Waals surface area contributed by atoms with Gasteiger partial charge in [-0.3, -0.25) is 0 Å². The van der Waals surface area contributed by atoms with E-state index in [2.05, 4.69) is 4.98 Å². The number of aryl methyl sites for hydroxylation is 1. The number of hydrogen-bond acceptors (Lipinski definition) is 3. The van der Waals surface area contributed by atoms with Crippen molar-refractivity contribution in [3.05, 3.63) is 52.4 Å². The van der Waals surface area contributed by atoms with Crippen LogP contribution in [0.5, 0.6) is 11.6 Å². The van der Waals surface area contributed by atoms with Crippen LogP contribution in [0.3, 0.4) is 0 Å². The Hall–Kier alpha value is -1.65. The van der Waals surface area contributed by atoms with Gasteiger partial charge in [0.2, 0.25) is 5.88 Å². The Kier molecular flexibility index (Phi) is 3.79. The van der Waals surface area contributed by atoms with Crippen LogP contribution in [0.4, 0.5) is 4.39 Å². The molecule has 0 saturated carbocycles. The fourth-order valence-electron chi connectivity index (χ4n) is 1.48. The van der Waals surface area contributed by atoms with Crippen LogP contribution >= 0.6 is 11.6 Å². The molecule has 0 spiro atoms. The fourth-order valence-corrected chi connectivity index (χ4v) is 1.71. The Morgan fingerprint density at radius 1 is 1.39 bits per heavy atom. The standard InChI is InChI=1S/C13H12ClFN2O/c1-8-2-3-10(15)6-11(8)18-13-12(14)9(7-16)4-5-17-13/h2-6H,7,16H2,1H3. The Bertz CT molecular complexity index is 575. The van der Waals surface area contributed by atoms with Crippen LogP contribution in [0.2, 0.25) is 5.02 Å². The van der Waals surface area contributed by atoms with E-state index in [1.54, 1.807) is 18.3 Å². The third-order valence-corrected chi connectivity index (χ3v) is 2.92. The minimum absolute atomic E-state index is 0.230. The van der Waals surface area contributed by atoms with E-state index in [-0.39, 0.29) is 11.7 Å². The third-order valence-electron chi connectivity index (χ3n) is 2.51. The summed E-state index contributed by atoms with van der Waals surface area (Å²) in [6, 6.07) is 6.01. The highest BCUT2D eigenvalue weighted by atomic mass is 35.5. The third kappa shape index (κ3) is 2.60. The number of rotatable bonds is 3. The molecule has 2 N–H and O–H groups in total. The Morgan fingerprint density at radius 3 is 2.89 bits per heavy atom. The molecule has 1 heterocycles. The maximum absolute atomic E-state index is 13.1. The summed E-state index contributed by atoms with van der Waals surface area (Å²) in [6.07, 6.45) is 1.55. The van der Waals surface area contributed by atoms with Gasteiger partial charge in [0.05, 0.1) is 0 Å². The first kappa shape index (κ1) is 12.8. The molecule has 0 aliphatic carbocycles. The van der Waals surface area contributed by atoms with E-state index >= 15 is 0 Å². The van der Waals surface area contributed by atoms with E-state index in [1.807, 2.05) is 6.92 Å². The van der Waals surface area contributed by atoms with Crippen molar-refractivity contribution in [2.24, 2.45) is 5.73 Å². The lowest BCUT2D eigenvalue weighted by atomic mass is 10.2. The minimum atomic E-state index is -0.373. The second kappa shape index (κ2) is 5.33. The summed E-state index contributed by atoms with van der Waals surface area (Å²) in [5.41, 5.74) is 7.07. The van der Waals surface area contributed by atoms with Crippen molar-refractivity contribution >= 4 is 11.6 Å². The molecule has 0 radical (unpaired) electrons. The number of halogens is 2. The zero-order valence-corrected chi connectivity index (χ0v) is 10.5. The lowest BCUT2D eigenvalue weighted by molar-refractivity contribution is 0.454. The molecule has 0 aliphatic heterocycles. The molecule has 0 fully saturated rings. The molecule has 0 amide bonds. The lowest BCUT2D eigenvalue weighted by Crippen LogP contribution is -2.00. The minimum Gasteiger partial charge on any atom is -0.437 e. The number of hydrogen-bond donors (Lipinski definition) is 1. The topological polar surface area (TPSA) is 48.1 Å². The predicted octanol–water partition coefficient (Wildman–Crippen LogP) is 3.43. The zero-order chi connectivity index (χ0) is 13.1. The first-order valence-electron chi connectivity index (χ1n) is 5.39. The molecule has 18 heavy (non-hydrogen) atoms. The molecular formula is C13H12ClFN2O. The van der Waals surface area contributed by atoms with Gasteiger partial charge in [-0.15, -0.1) is 0 Å². The van der Waals surface area contributed by atoms with Gasteiger partial charge in [0.1, 0.15) is 16.6 Å². The summed E-state index contributed by atoms with van der Waals surface area (Å²) in [7, 11) is 0. The van der Waals surface area contributed by atoms with Gasteiger partial charge in [-0.05, 0) is 30.2 Å². The lowest BCUT2D eigenvalue weighted by Gasteiger charge is -2.10. The maximum Gasteiger partial charge on any atom is 0.238 e.